The van der Waals surface area contributed by atoms with Gasteiger partial charge in [0.05, 0.1) is 31.3 Å². The Morgan fingerprint density at radius 2 is 2.24 bits per heavy atom. The molecule has 1 saturated heterocycles. The molecule has 2 atom stereocenters. The molecule has 0 radical (unpaired) electrons. The molecule has 25 heavy (non-hydrogen) atoms. The van der Waals surface area contributed by atoms with Gasteiger partial charge in [-0.3, -0.25) is 4.55 Å². The number of aromatic nitrogens is 2. The van der Waals surface area contributed by atoms with Gasteiger partial charge in [-0.05, 0) is 18.6 Å². The summed E-state index contributed by atoms with van der Waals surface area (Å²) in [6.45, 7) is 0.562. The van der Waals surface area contributed by atoms with Gasteiger partial charge in [-0.2, -0.15) is 8.42 Å². The number of hydrogen-bond donors (Lipinski definition) is 1. The molecule has 1 aliphatic rings. The van der Waals surface area contributed by atoms with Crippen molar-refractivity contribution < 1.29 is 22.4 Å². The molecule has 1 aromatic carbocycles. The highest BCUT2D eigenvalue weighted by Gasteiger charge is 2.43. The van der Waals surface area contributed by atoms with E-state index in [0.717, 1.165) is 5.56 Å². The highest BCUT2D eigenvalue weighted by Crippen LogP contribution is 2.37. The number of hydrogen-bond acceptors (Lipinski definition) is 5. The van der Waals surface area contributed by atoms with E-state index in [4.69, 9.17) is 25.6 Å². The third-order valence-electron chi connectivity index (χ3n) is 3.77. The topological polar surface area (TPSA) is 90.7 Å². The van der Waals surface area contributed by atoms with Crippen molar-refractivity contribution in [2.75, 3.05) is 12.4 Å². The Morgan fingerprint density at radius 3 is 2.88 bits per heavy atom. The van der Waals surface area contributed by atoms with Crippen molar-refractivity contribution in [3.63, 3.8) is 0 Å². The van der Waals surface area contributed by atoms with Crippen molar-refractivity contribution in [3.05, 3.63) is 53.6 Å². The molecule has 138 valence electrons. The quantitative estimate of drug-likeness (QED) is 0.738. The first kappa shape index (κ1) is 20.2. The molecule has 0 aliphatic carbocycles. The van der Waals surface area contributed by atoms with E-state index in [1.807, 2.05) is 10.6 Å². The summed E-state index contributed by atoms with van der Waals surface area (Å²) in [6.07, 6.45) is 4.77. The second-order valence-corrected chi connectivity index (χ2v) is 7.63. The molecule has 0 bridgehead atoms. The lowest BCUT2D eigenvalue weighted by molar-refractivity contribution is -0.187. The number of ether oxygens (including phenoxy) is 2. The van der Waals surface area contributed by atoms with Crippen LogP contribution in [0.25, 0.3) is 0 Å². The van der Waals surface area contributed by atoms with Crippen LogP contribution in [0.1, 0.15) is 12.0 Å². The van der Waals surface area contributed by atoms with Crippen LogP contribution in [0.2, 0.25) is 5.02 Å². The monoisotopic (exact) mass is 408 g/mol. The van der Waals surface area contributed by atoms with Crippen LogP contribution in [0.5, 0.6) is 0 Å². The molecule has 3 rings (SSSR count). The van der Waals surface area contributed by atoms with Crippen LogP contribution < -0.4 is 0 Å². The lowest BCUT2D eigenvalue weighted by Crippen LogP contribution is -2.33. The average molecular weight is 409 g/mol. The zero-order valence-electron chi connectivity index (χ0n) is 13.1. The highest BCUT2D eigenvalue weighted by atomic mass is 35.5. The predicted octanol–water partition coefficient (Wildman–Crippen LogP) is 2.50. The first-order valence-corrected chi connectivity index (χ1v) is 9.34. The maximum Gasteiger partial charge on any atom is 0.264 e. The Morgan fingerprint density at radius 1 is 1.44 bits per heavy atom. The van der Waals surface area contributed by atoms with E-state index in [-0.39, 0.29) is 31.2 Å². The van der Waals surface area contributed by atoms with Gasteiger partial charge in [0.25, 0.3) is 10.1 Å². The van der Waals surface area contributed by atoms with Crippen LogP contribution in [0.15, 0.2) is 43.0 Å². The van der Waals surface area contributed by atoms with E-state index in [2.05, 4.69) is 4.98 Å². The van der Waals surface area contributed by atoms with Gasteiger partial charge >= 0.3 is 0 Å². The fourth-order valence-electron chi connectivity index (χ4n) is 2.66. The molecule has 0 spiro atoms. The van der Waals surface area contributed by atoms with Crippen molar-refractivity contribution in [2.45, 2.75) is 24.9 Å². The summed E-state index contributed by atoms with van der Waals surface area (Å²) < 4.78 is 44.6. The Hall–Kier alpha value is -1.16. The van der Waals surface area contributed by atoms with E-state index in [0.29, 0.717) is 11.6 Å². The highest BCUT2D eigenvalue weighted by molar-refractivity contribution is 7.85. The normalized spacial score (nSPS) is 23.4. The minimum atomic E-state index is -4.04. The maximum absolute atomic E-state index is 10.9. The van der Waals surface area contributed by atoms with E-state index < -0.39 is 22.0 Å². The number of imidazole rings is 1. The number of rotatable bonds is 6. The Kier molecular flexibility index (Phi) is 6.47. The Balaban J connectivity index is 0.00000225. The van der Waals surface area contributed by atoms with Crippen molar-refractivity contribution in [1.29, 1.82) is 0 Å². The lowest BCUT2D eigenvalue weighted by atomic mass is 10.1. The molecular formula is C15H18Cl2N2O5S. The molecule has 2 unspecified atom stereocenters. The van der Waals surface area contributed by atoms with Crippen LogP contribution in [-0.2, 0) is 31.9 Å². The summed E-state index contributed by atoms with van der Waals surface area (Å²) in [7, 11) is -4.04. The van der Waals surface area contributed by atoms with E-state index in [1.165, 1.54) is 0 Å². The molecule has 10 heteroatoms. The molecule has 2 heterocycles. The zero-order chi connectivity index (χ0) is 17.2. The summed E-state index contributed by atoms with van der Waals surface area (Å²) in [5.41, 5.74) is 0.734. The summed E-state index contributed by atoms with van der Waals surface area (Å²) >= 11 is 6.08. The van der Waals surface area contributed by atoms with E-state index >= 15 is 0 Å². The van der Waals surface area contributed by atoms with Crippen molar-refractivity contribution in [1.82, 2.24) is 9.55 Å². The van der Waals surface area contributed by atoms with Gasteiger partial charge in [-0.15, -0.1) is 12.4 Å². The van der Waals surface area contributed by atoms with Gasteiger partial charge in [0.2, 0.25) is 5.79 Å². The Bertz CT molecular complexity index is 800. The average Bonchev–Trinajstić information content (AvgIpc) is 3.15. The summed E-state index contributed by atoms with van der Waals surface area (Å²) in [5.74, 6) is -1.47. The zero-order valence-corrected chi connectivity index (χ0v) is 15.5. The molecule has 1 N–H and O–H groups in total. The minimum absolute atomic E-state index is 0. The van der Waals surface area contributed by atoms with Crippen molar-refractivity contribution in [2.24, 2.45) is 0 Å². The third-order valence-corrected chi connectivity index (χ3v) is 4.76. The number of nitrogens with zero attached hydrogens (tertiary/aromatic N) is 2. The first-order valence-electron chi connectivity index (χ1n) is 7.35. The predicted molar refractivity (Wildman–Crippen MR) is 94.5 cm³/mol. The van der Waals surface area contributed by atoms with Crippen molar-refractivity contribution in [3.8, 4) is 0 Å². The second kappa shape index (κ2) is 8.03. The van der Waals surface area contributed by atoms with Gasteiger partial charge in [0.1, 0.15) is 0 Å². The summed E-state index contributed by atoms with van der Waals surface area (Å²) in [6, 6.07) is 7.14. The largest absolute Gasteiger partial charge is 0.342 e. The van der Waals surface area contributed by atoms with Crippen molar-refractivity contribution >= 4 is 34.1 Å². The third kappa shape index (κ3) is 5.16. The fraction of sp³-hybridized carbons (Fsp3) is 0.400. The molecule has 0 amide bonds. The van der Waals surface area contributed by atoms with Gasteiger partial charge in [-0.1, -0.05) is 23.7 Å². The first-order chi connectivity index (χ1) is 11.4. The van der Waals surface area contributed by atoms with Crippen LogP contribution in [0.3, 0.4) is 0 Å². The molecule has 2 aromatic rings. The Labute approximate surface area is 157 Å². The van der Waals surface area contributed by atoms with Gasteiger partial charge in [0, 0.05) is 23.0 Å². The minimum Gasteiger partial charge on any atom is -0.342 e. The molecule has 0 saturated carbocycles. The summed E-state index contributed by atoms with van der Waals surface area (Å²) in [4.78, 5) is 4.01. The molecule has 1 aromatic heterocycles. The van der Waals surface area contributed by atoms with E-state index in [1.54, 1.807) is 36.9 Å². The van der Waals surface area contributed by atoms with Crippen LogP contribution in [0.4, 0.5) is 0 Å². The maximum atomic E-state index is 10.9. The number of benzene rings is 1. The standard InChI is InChI=1S/C15H17ClN2O5S.ClH/c16-13-3-1-2-12(8-13)15(10-18-6-5-17-11-18)22-9-14(23-15)4-7-24(19,20)21;/h1-3,5-6,8,11,14H,4,7,9-10H2,(H,19,20,21);1H. The van der Waals surface area contributed by atoms with Crippen LogP contribution >= 0.6 is 24.0 Å². The van der Waals surface area contributed by atoms with Crippen LogP contribution in [0, 0.1) is 0 Å². The van der Waals surface area contributed by atoms with Crippen LogP contribution in [-0.4, -0.2) is 41.0 Å². The summed E-state index contributed by atoms with van der Waals surface area (Å²) in [5, 5.41) is 0.547. The smallest absolute Gasteiger partial charge is 0.264 e. The fourth-order valence-corrected chi connectivity index (χ4v) is 3.41. The van der Waals surface area contributed by atoms with E-state index in [9.17, 15) is 8.42 Å². The number of halogens is 2. The van der Waals surface area contributed by atoms with Gasteiger partial charge in [-0.25, -0.2) is 4.98 Å². The lowest BCUT2D eigenvalue weighted by Gasteiger charge is -2.29. The SMILES string of the molecule is Cl.O=S(=O)(O)CCC1COC(Cn2ccnc2)(c2cccc(Cl)c2)O1. The molecular weight excluding hydrogens is 391 g/mol. The molecule has 1 aliphatic heterocycles. The van der Waals surface area contributed by atoms with Gasteiger partial charge in [0.15, 0.2) is 0 Å². The molecule has 7 nitrogen and oxygen atoms in total. The molecule has 1 fully saturated rings. The van der Waals surface area contributed by atoms with Gasteiger partial charge < -0.3 is 14.0 Å². The second-order valence-electron chi connectivity index (χ2n) is 5.62.